The SMILES string of the molecule is NC1CCc2cc(-c3ccc4nccc(Cl)c4c3)ccc2NC1=O. The molecular weight excluding hydrogens is 322 g/mol. The molecule has 0 bridgehead atoms. The topological polar surface area (TPSA) is 68.0 Å². The maximum absolute atomic E-state index is 11.9. The van der Waals surface area contributed by atoms with E-state index in [-0.39, 0.29) is 5.91 Å². The first-order valence-electron chi connectivity index (χ1n) is 7.86. The fraction of sp³-hybridized carbons (Fsp3) is 0.158. The van der Waals surface area contributed by atoms with Gasteiger partial charge >= 0.3 is 0 Å². The smallest absolute Gasteiger partial charge is 0.241 e. The Bertz CT molecular complexity index is 954. The summed E-state index contributed by atoms with van der Waals surface area (Å²) in [5.74, 6) is -0.120. The zero-order valence-corrected chi connectivity index (χ0v) is 13.7. The van der Waals surface area contributed by atoms with Crippen LogP contribution >= 0.6 is 11.6 Å². The summed E-state index contributed by atoms with van der Waals surface area (Å²) in [7, 11) is 0. The largest absolute Gasteiger partial charge is 0.324 e. The van der Waals surface area contributed by atoms with Gasteiger partial charge in [0.25, 0.3) is 0 Å². The number of carbonyl (C=O) groups excluding carboxylic acids is 1. The first-order chi connectivity index (χ1) is 11.6. The van der Waals surface area contributed by atoms with Gasteiger partial charge in [0, 0.05) is 17.3 Å². The molecule has 3 N–H and O–H groups in total. The number of benzene rings is 2. The van der Waals surface area contributed by atoms with Crippen LogP contribution in [0.25, 0.3) is 22.0 Å². The van der Waals surface area contributed by atoms with Crippen molar-refractivity contribution < 1.29 is 4.79 Å². The van der Waals surface area contributed by atoms with Gasteiger partial charge in [-0.25, -0.2) is 0 Å². The summed E-state index contributed by atoms with van der Waals surface area (Å²) in [6.45, 7) is 0. The summed E-state index contributed by atoms with van der Waals surface area (Å²) in [4.78, 5) is 16.2. The molecule has 0 radical (unpaired) electrons. The molecule has 5 heteroatoms. The van der Waals surface area contributed by atoms with Gasteiger partial charge in [-0.05, 0) is 59.9 Å². The maximum atomic E-state index is 11.9. The van der Waals surface area contributed by atoms with Crippen LogP contribution in [-0.2, 0) is 11.2 Å². The minimum absolute atomic E-state index is 0.120. The van der Waals surface area contributed by atoms with Crippen LogP contribution in [-0.4, -0.2) is 16.9 Å². The summed E-state index contributed by atoms with van der Waals surface area (Å²) in [6, 6.07) is 13.4. The summed E-state index contributed by atoms with van der Waals surface area (Å²) >= 11 is 6.28. The Morgan fingerprint density at radius 3 is 2.79 bits per heavy atom. The first-order valence-corrected chi connectivity index (χ1v) is 8.23. The number of amides is 1. The lowest BCUT2D eigenvalue weighted by molar-refractivity contribution is -0.117. The minimum Gasteiger partial charge on any atom is -0.324 e. The molecule has 1 aromatic heterocycles. The van der Waals surface area contributed by atoms with Crippen LogP contribution in [0.3, 0.4) is 0 Å². The lowest BCUT2D eigenvalue weighted by atomic mass is 9.98. The van der Waals surface area contributed by atoms with Crippen molar-refractivity contribution in [2.45, 2.75) is 18.9 Å². The van der Waals surface area contributed by atoms with Crippen LogP contribution in [0.4, 0.5) is 5.69 Å². The Morgan fingerprint density at radius 2 is 1.92 bits per heavy atom. The number of aryl methyl sites for hydroxylation is 1. The Morgan fingerprint density at radius 1 is 1.12 bits per heavy atom. The van der Waals surface area contributed by atoms with Crippen LogP contribution in [0.2, 0.25) is 5.02 Å². The van der Waals surface area contributed by atoms with Gasteiger partial charge < -0.3 is 11.1 Å². The third-order valence-corrected chi connectivity index (χ3v) is 4.78. The lowest BCUT2D eigenvalue weighted by Gasteiger charge is -2.10. The Balaban J connectivity index is 1.78. The van der Waals surface area contributed by atoms with E-state index in [1.165, 1.54) is 0 Å². The first kappa shape index (κ1) is 15.1. The summed E-state index contributed by atoms with van der Waals surface area (Å²) in [6.07, 6.45) is 3.13. The number of nitrogens with one attached hydrogen (secondary N) is 1. The van der Waals surface area contributed by atoms with E-state index in [2.05, 4.69) is 16.4 Å². The summed E-state index contributed by atoms with van der Waals surface area (Å²) < 4.78 is 0. The molecule has 3 aromatic rings. The number of rotatable bonds is 1. The number of carbonyl (C=O) groups is 1. The van der Waals surface area contributed by atoms with Crippen LogP contribution in [0.5, 0.6) is 0 Å². The van der Waals surface area contributed by atoms with Gasteiger partial charge in [0.15, 0.2) is 0 Å². The highest BCUT2D eigenvalue weighted by Gasteiger charge is 2.20. The highest BCUT2D eigenvalue weighted by Crippen LogP contribution is 2.31. The molecule has 1 unspecified atom stereocenters. The van der Waals surface area contributed by atoms with Gasteiger partial charge in [-0.15, -0.1) is 0 Å². The normalized spacial score (nSPS) is 17.2. The second-order valence-corrected chi connectivity index (χ2v) is 6.44. The molecule has 1 amide bonds. The number of nitrogens with zero attached hydrogens (tertiary/aromatic N) is 1. The molecule has 0 aliphatic carbocycles. The molecule has 4 rings (SSSR count). The molecule has 24 heavy (non-hydrogen) atoms. The predicted molar refractivity (Wildman–Crippen MR) is 97.1 cm³/mol. The fourth-order valence-electron chi connectivity index (χ4n) is 3.06. The zero-order chi connectivity index (χ0) is 16.7. The average Bonchev–Trinajstić information content (AvgIpc) is 2.74. The standard InChI is InChI=1S/C19H16ClN3O/c20-15-7-8-22-18-6-3-12(10-14(15)18)11-2-5-17-13(9-11)1-4-16(21)19(24)23-17/h2-3,5-10,16H,1,4,21H2,(H,23,24). The van der Waals surface area contributed by atoms with E-state index in [1.807, 2.05) is 30.3 Å². The number of fused-ring (bicyclic) bond motifs is 2. The number of hydrogen-bond acceptors (Lipinski definition) is 3. The third-order valence-electron chi connectivity index (χ3n) is 4.45. The van der Waals surface area contributed by atoms with Gasteiger partial charge in [-0.2, -0.15) is 0 Å². The zero-order valence-electron chi connectivity index (χ0n) is 12.9. The van der Waals surface area contributed by atoms with Crippen LogP contribution < -0.4 is 11.1 Å². The van der Waals surface area contributed by atoms with E-state index in [9.17, 15) is 4.79 Å². The van der Waals surface area contributed by atoms with Crippen LogP contribution in [0.15, 0.2) is 48.7 Å². The van der Waals surface area contributed by atoms with Crippen LogP contribution in [0.1, 0.15) is 12.0 Å². The van der Waals surface area contributed by atoms with Gasteiger partial charge in [0.05, 0.1) is 16.6 Å². The van der Waals surface area contributed by atoms with Crippen molar-refractivity contribution in [3.8, 4) is 11.1 Å². The molecule has 0 saturated carbocycles. The Hall–Kier alpha value is -2.43. The molecular formula is C19H16ClN3O. The van der Waals surface area contributed by atoms with Gasteiger partial charge in [-0.3, -0.25) is 9.78 Å². The van der Waals surface area contributed by atoms with E-state index in [1.54, 1.807) is 12.3 Å². The lowest BCUT2D eigenvalue weighted by Crippen LogP contribution is -2.34. The molecule has 1 aliphatic heterocycles. The van der Waals surface area contributed by atoms with Gasteiger partial charge in [0.1, 0.15) is 0 Å². The highest BCUT2D eigenvalue weighted by molar-refractivity contribution is 6.35. The number of hydrogen-bond donors (Lipinski definition) is 2. The van der Waals surface area contributed by atoms with E-state index in [0.717, 1.165) is 39.7 Å². The van der Waals surface area contributed by atoms with E-state index < -0.39 is 6.04 Å². The number of nitrogens with two attached hydrogens (primary N) is 1. The van der Waals surface area contributed by atoms with Gasteiger partial charge in [-0.1, -0.05) is 23.7 Å². The molecule has 0 fully saturated rings. The fourth-order valence-corrected chi connectivity index (χ4v) is 3.27. The second kappa shape index (κ2) is 5.89. The molecule has 120 valence electrons. The van der Waals surface area contributed by atoms with Crippen molar-refractivity contribution >= 4 is 34.1 Å². The molecule has 1 atom stereocenters. The number of aromatic nitrogens is 1. The average molecular weight is 338 g/mol. The Kier molecular flexibility index (Phi) is 3.71. The molecule has 4 nitrogen and oxygen atoms in total. The molecule has 2 aromatic carbocycles. The molecule has 2 heterocycles. The van der Waals surface area contributed by atoms with Crippen molar-refractivity contribution in [1.29, 1.82) is 0 Å². The predicted octanol–water partition coefficient (Wildman–Crippen LogP) is 3.77. The molecule has 0 saturated heterocycles. The van der Waals surface area contributed by atoms with Crippen molar-refractivity contribution in [2.75, 3.05) is 5.32 Å². The number of halogens is 1. The van der Waals surface area contributed by atoms with Crippen LogP contribution in [0, 0.1) is 0 Å². The van der Waals surface area contributed by atoms with E-state index >= 15 is 0 Å². The Labute approximate surface area is 144 Å². The monoisotopic (exact) mass is 337 g/mol. The molecule has 0 spiro atoms. The number of anilines is 1. The summed E-state index contributed by atoms with van der Waals surface area (Å²) in [5, 5.41) is 4.52. The van der Waals surface area contributed by atoms with Crippen molar-refractivity contribution in [1.82, 2.24) is 4.98 Å². The van der Waals surface area contributed by atoms with Gasteiger partial charge in [0.2, 0.25) is 5.91 Å². The molecule has 1 aliphatic rings. The second-order valence-electron chi connectivity index (χ2n) is 6.03. The third kappa shape index (κ3) is 2.64. The van der Waals surface area contributed by atoms with Crippen molar-refractivity contribution in [3.05, 3.63) is 59.2 Å². The maximum Gasteiger partial charge on any atom is 0.241 e. The van der Waals surface area contributed by atoms with Crippen molar-refractivity contribution in [2.24, 2.45) is 5.73 Å². The summed E-state index contributed by atoms with van der Waals surface area (Å²) in [5.41, 5.74) is 10.8. The highest BCUT2D eigenvalue weighted by atomic mass is 35.5. The minimum atomic E-state index is -0.452. The van der Waals surface area contributed by atoms with E-state index in [4.69, 9.17) is 17.3 Å². The number of pyridine rings is 1. The van der Waals surface area contributed by atoms with E-state index in [0.29, 0.717) is 11.4 Å². The quantitative estimate of drug-likeness (QED) is 0.710. The van der Waals surface area contributed by atoms with Crippen molar-refractivity contribution in [3.63, 3.8) is 0 Å².